The molecule has 0 aliphatic heterocycles. The zero-order chi connectivity index (χ0) is 12.1. The van der Waals surface area contributed by atoms with Crippen molar-refractivity contribution in [3.05, 3.63) is 28.8 Å². The second-order valence-corrected chi connectivity index (χ2v) is 3.69. The summed E-state index contributed by atoms with van der Waals surface area (Å²) in [7, 11) is 0. The van der Waals surface area contributed by atoms with Crippen LogP contribution in [0.25, 0.3) is 0 Å². The van der Waals surface area contributed by atoms with Crippen molar-refractivity contribution in [1.29, 1.82) is 5.26 Å². The predicted molar refractivity (Wildman–Crippen MR) is 63.2 cm³/mol. The van der Waals surface area contributed by atoms with Crippen molar-refractivity contribution in [1.82, 2.24) is 0 Å². The van der Waals surface area contributed by atoms with Crippen LogP contribution in [0.4, 0.5) is 5.69 Å². The first-order valence-corrected chi connectivity index (χ1v) is 5.19. The van der Waals surface area contributed by atoms with E-state index in [1.807, 2.05) is 13.0 Å². The van der Waals surface area contributed by atoms with E-state index >= 15 is 0 Å². The van der Waals surface area contributed by atoms with Crippen molar-refractivity contribution < 1.29 is 4.79 Å². The summed E-state index contributed by atoms with van der Waals surface area (Å²) in [5.74, 6) is -0.430. The summed E-state index contributed by atoms with van der Waals surface area (Å²) >= 11 is 5.79. The fraction of sp³-hybridized carbons (Fsp3) is 0.273. The second-order valence-electron chi connectivity index (χ2n) is 3.25. The summed E-state index contributed by atoms with van der Waals surface area (Å²) in [6.07, 6.45) is 0. The number of nitrogens with zero attached hydrogens (tertiary/aromatic N) is 2. The van der Waals surface area contributed by atoms with E-state index < -0.39 is 5.91 Å². The van der Waals surface area contributed by atoms with Crippen LogP contribution in [0.2, 0.25) is 5.02 Å². The standard InChI is InChI=1S/C11H12ClN3O/c1-2-15(7-11(14)16)10-4-3-9(12)5-8(10)6-13/h3-5H,2,7H2,1H3,(H2,14,16). The molecule has 0 atom stereocenters. The van der Waals surface area contributed by atoms with Gasteiger partial charge in [0, 0.05) is 11.6 Å². The zero-order valence-corrected chi connectivity index (χ0v) is 9.66. The van der Waals surface area contributed by atoms with Gasteiger partial charge in [0.2, 0.25) is 5.91 Å². The van der Waals surface area contributed by atoms with Gasteiger partial charge in [0.25, 0.3) is 0 Å². The molecule has 0 bridgehead atoms. The topological polar surface area (TPSA) is 70.1 Å². The Balaban J connectivity index is 3.10. The molecule has 2 N–H and O–H groups in total. The number of benzene rings is 1. The average molecular weight is 238 g/mol. The summed E-state index contributed by atoms with van der Waals surface area (Å²) in [5, 5.41) is 9.47. The van der Waals surface area contributed by atoms with Crippen LogP contribution >= 0.6 is 11.6 Å². The molecular formula is C11H12ClN3O. The molecule has 0 radical (unpaired) electrons. The number of carbonyl (C=O) groups is 1. The number of amides is 1. The van der Waals surface area contributed by atoms with E-state index in [0.717, 1.165) is 0 Å². The molecule has 1 rings (SSSR count). The molecule has 0 unspecified atom stereocenters. The molecule has 0 fully saturated rings. The van der Waals surface area contributed by atoms with E-state index in [1.165, 1.54) is 0 Å². The third kappa shape index (κ3) is 2.88. The first-order valence-electron chi connectivity index (χ1n) is 4.81. The summed E-state index contributed by atoms with van der Waals surface area (Å²) in [4.78, 5) is 12.6. The van der Waals surface area contributed by atoms with Crippen molar-refractivity contribution in [2.45, 2.75) is 6.92 Å². The lowest BCUT2D eigenvalue weighted by Gasteiger charge is -2.22. The number of anilines is 1. The largest absolute Gasteiger partial charge is 0.368 e. The molecule has 1 aromatic rings. The second kappa shape index (κ2) is 5.38. The van der Waals surface area contributed by atoms with Gasteiger partial charge in [0.15, 0.2) is 0 Å². The normalized spacial score (nSPS) is 9.56. The number of primary amides is 1. The third-order valence-corrected chi connectivity index (χ3v) is 2.38. The van der Waals surface area contributed by atoms with Crippen molar-refractivity contribution in [3.8, 4) is 6.07 Å². The van der Waals surface area contributed by atoms with Gasteiger partial charge in [-0.2, -0.15) is 5.26 Å². The van der Waals surface area contributed by atoms with Gasteiger partial charge in [0.05, 0.1) is 17.8 Å². The molecule has 1 aromatic carbocycles. The van der Waals surface area contributed by atoms with Crippen LogP contribution in [0.5, 0.6) is 0 Å². The number of nitriles is 1. The number of likely N-dealkylation sites (N-methyl/N-ethyl adjacent to an activating group) is 1. The van der Waals surface area contributed by atoms with Crippen molar-refractivity contribution in [2.75, 3.05) is 18.0 Å². The monoisotopic (exact) mass is 237 g/mol. The highest BCUT2D eigenvalue weighted by Crippen LogP contribution is 2.23. The third-order valence-electron chi connectivity index (χ3n) is 2.15. The van der Waals surface area contributed by atoms with Crippen LogP contribution in [-0.2, 0) is 4.79 Å². The predicted octanol–water partition coefficient (Wildman–Crippen LogP) is 1.52. The van der Waals surface area contributed by atoms with E-state index in [0.29, 0.717) is 22.8 Å². The summed E-state index contributed by atoms with van der Waals surface area (Å²) in [6, 6.07) is 7.01. The number of carbonyl (C=O) groups excluding carboxylic acids is 1. The molecule has 0 saturated carbocycles. The number of hydrogen-bond donors (Lipinski definition) is 1. The Labute approximate surface area is 99.2 Å². The van der Waals surface area contributed by atoms with Gasteiger partial charge < -0.3 is 10.6 Å². The zero-order valence-electron chi connectivity index (χ0n) is 8.90. The minimum Gasteiger partial charge on any atom is -0.368 e. The lowest BCUT2D eigenvalue weighted by Crippen LogP contribution is -2.34. The highest BCUT2D eigenvalue weighted by Gasteiger charge is 2.12. The molecule has 84 valence electrons. The Morgan fingerprint density at radius 3 is 2.81 bits per heavy atom. The van der Waals surface area contributed by atoms with Gasteiger partial charge in [-0.05, 0) is 25.1 Å². The fourth-order valence-corrected chi connectivity index (χ4v) is 1.60. The van der Waals surface area contributed by atoms with Gasteiger partial charge in [-0.1, -0.05) is 11.6 Å². The maximum Gasteiger partial charge on any atom is 0.236 e. The van der Waals surface area contributed by atoms with Crippen LogP contribution in [0.1, 0.15) is 12.5 Å². The van der Waals surface area contributed by atoms with Crippen molar-refractivity contribution in [3.63, 3.8) is 0 Å². The fourth-order valence-electron chi connectivity index (χ4n) is 1.43. The van der Waals surface area contributed by atoms with E-state index in [-0.39, 0.29) is 6.54 Å². The first-order chi connectivity index (χ1) is 7.58. The molecular weight excluding hydrogens is 226 g/mol. The van der Waals surface area contributed by atoms with Gasteiger partial charge in [0.1, 0.15) is 6.07 Å². The Morgan fingerprint density at radius 1 is 1.62 bits per heavy atom. The highest BCUT2D eigenvalue weighted by molar-refractivity contribution is 6.30. The smallest absolute Gasteiger partial charge is 0.236 e. The molecule has 4 nitrogen and oxygen atoms in total. The van der Waals surface area contributed by atoms with Gasteiger partial charge in [-0.25, -0.2) is 0 Å². The van der Waals surface area contributed by atoms with Crippen LogP contribution in [0.15, 0.2) is 18.2 Å². The minimum atomic E-state index is -0.430. The van der Waals surface area contributed by atoms with Gasteiger partial charge in [-0.15, -0.1) is 0 Å². The maximum absolute atomic E-state index is 10.9. The maximum atomic E-state index is 10.9. The van der Waals surface area contributed by atoms with Gasteiger partial charge >= 0.3 is 0 Å². The van der Waals surface area contributed by atoms with Gasteiger partial charge in [-0.3, -0.25) is 4.79 Å². The summed E-state index contributed by atoms with van der Waals surface area (Å²) < 4.78 is 0. The molecule has 5 heteroatoms. The van der Waals surface area contributed by atoms with Crippen LogP contribution in [-0.4, -0.2) is 19.0 Å². The number of rotatable bonds is 4. The number of nitrogens with two attached hydrogens (primary N) is 1. The van der Waals surface area contributed by atoms with Crippen molar-refractivity contribution in [2.24, 2.45) is 5.73 Å². The Bertz CT molecular complexity index is 439. The lowest BCUT2D eigenvalue weighted by molar-refractivity contribution is -0.116. The molecule has 0 saturated heterocycles. The Hall–Kier alpha value is -1.73. The first kappa shape index (κ1) is 12.3. The lowest BCUT2D eigenvalue weighted by atomic mass is 10.1. The number of halogens is 1. The van der Waals surface area contributed by atoms with Crippen LogP contribution in [0, 0.1) is 11.3 Å². The van der Waals surface area contributed by atoms with Crippen LogP contribution < -0.4 is 10.6 Å². The Morgan fingerprint density at radius 2 is 2.31 bits per heavy atom. The van der Waals surface area contributed by atoms with E-state index in [9.17, 15) is 4.79 Å². The molecule has 0 aliphatic rings. The molecule has 1 amide bonds. The van der Waals surface area contributed by atoms with E-state index in [4.69, 9.17) is 22.6 Å². The minimum absolute atomic E-state index is 0.0901. The molecule has 16 heavy (non-hydrogen) atoms. The Kier molecular flexibility index (Phi) is 4.15. The highest BCUT2D eigenvalue weighted by atomic mass is 35.5. The molecule has 0 heterocycles. The molecule has 0 aliphatic carbocycles. The SMILES string of the molecule is CCN(CC(N)=O)c1ccc(Cl)cc1C#N. The van der Waals surface area contributed by atoms with Crippen LogP contribution in [0.3, 0.4) is 0 Å². The van der Waals surface area contributed by atoms with Crippen molar-refractivity contribution >= 4 is 23.2 Å². The summed E-state index contributed by atoms with van der Waals surface area (Å²) in [5.41, 5.74) is 6.25. The quantitative estimate of drug-likeness (QED) is 0.863. The van der Waals surface area contributed by atoms with E-state index in [2.05, 4.69) is 0 Å². The number of hydrogen-bond acceptors (Lipinski definition) is 3. The summed E-state index contributed by atoms with van der Waals surface area (Å²) in [6.45, 7) is 2.57. The average Bonchev–Trinajstić information content (AvgIpc) is 2.25. The van der Waals surface area contributed by atoms with E-state index in [1.54, 1.807) is 23.1 Å². The molecule has 0 aromatic heterocycles. The molecule has 0 spiro atoms.